The first-order valence-electron chi connectivity index (χ1n) is 15.9. The van der Waals surface area contributed by atoms with E-state index in [4.69, 9.17) is 19.9 Å². The van der Waals surface area contributed by atoms with Crippen LogP contribution in [0.4, 0.5) is 5.69 Å². The van der Waals surface area contributed by atoms with E-state index in [1.807, 2.05) is 79.7 Å². The normalized spacial score (nSPS) is 23.4. The van der Waals surface area contributed by atoms with Gasteiger partial charge in [-0.2, -0.15) is 0 Å². The van der Waals surface area contributed by atoms with Crippen molar-refractivity contribution in [1.82, 2.24) is 9.88 Å². The summed E-state index contributed by atoms with van der Waals surface area (Å²) in [5.41, 5.74) is 5.91. The minimum Gasteiger partial charge on any atom is -0.508 e. The number of rotatable bonds is 7. The van der Waals surface area contributed by atoms with E-state index < -0.39 is 58.0 Å². The second-order valence-electron chi connectivity index (χ2n) is 13.3. The van der Waals surface area contributed by atoms with Crippen molar-refractivity contribution in [3.63, 3.8) is 0 Å². The first-order chi connectivity index (χ1) is 23.3. The summed E-state index contributed by atoms with van der Waals surface area (Å²) >= 11 is 0. The number of hydrogen-bond acceptors (Lipinski definition) is 11. The summed E-state index contributed by atoms with van der Waals surface area (Å²) < 4.78 is 12.2. The number of Topliss-reactive ketones (excluding diaryl/α,β-unsaturated/α-hetero) is 2. The van der Waals surface area contributed by atoms with Gasteiger partial charge < -0.3 is 35.1 Å². The molecule has 5 N–H and O–H groups in total. The van der Waals surface area contributed by atoms with Crippen LogP contribution in [0, 0.1) is 11.8 Å². The summed E-state index contributed by atoms with van der Waals surface area (Å²) in [4.78, 5) is 48.1. The number of hydrogen-bond donors (Lipinski definition) is 4. The molecule has 3 aliphatic rings. The predicted molar refractivity (Wildman–Crippen MR) is 181 cm³/mol. The molecule has 4 atom stereocenters. The van der Waals surface area contributed by atoms with Crippen molar-refractivity contribution >= 4 is 40.0 Å². The number of nitrogens with zero attached hydrogens (tertiary/aromatic N) is 3. The van der Waals surface area contributed by atoms with Crippen LogP contribution in [0.3, 0.4) is 0 Å². The molecule has 12 heteroatoms. The second kappa shape index (κ2) is 11.6. The summed E-state index contributed by atoms with van der Waals surface area (Å²) in [5, 5.41) is 35.1. The molecule has 3 aromatic carbocycles. The van der Waals surface area contributed by atoms with Crippen LogP contribution in [0.2, 0.25) is 0 Å². The maximum absolute atomic E-state index is 14.3. The zero-order valence-corrected chi connectivity index (χ0v) is 27.4. The number of ketones is 2. The van der Waals surface area contributed by atoms with Crippen molar-refractivity contribution in [3.05, 3.63) is 94.3 Å². The van der Waals surface area contributed by atoms with Gasteiger partial charge in [0.25, 0.3) is 5.91 Å². The fourth-order valence-corrected chi connectivity index (χ4v) is 7.64. The van der Waals surface area contributed by atoms with E-state index in [0.29, 0.717) is 29.0 Å². The van der Waals surface area contributed by atoms with Crippen LogP contribution in [0.1, 0.15) is 23.1 Å². The van der Waals surface area contributed by atoms with Crippen LogP contribution >= 0.6 is 0 Å². The Morgan fingerprint density at radius 3 is 2.39 bits per heavy atom. The highest BCUT2D eigenvalue weighted by molar-refractivity contribution is 6.24. The maximum atomic E-state index is 14.3. The van der Waals surface area contributed by atoms with Crippen LogP contribution < -0.4 is 15.4 Å². The van der Waals surface area contributed by atoms with Gasteiger partial charge >= 0.3 is 0 Å². The third-order valence-electron chi connectivity index (χ3n) is 9.91. The first kappa shape index (κ1) is 32.1. The Morgan fingerprint density at radius 2 is 1.76 bits per heavy atom. The number of nitrogens with two attached hydrogens (primary N) is 1. The van der Waals surface area contributed by atoms with E-state index in [9.17, 15) is 29.7 Å². The topological polar surface area (TPSA) is 180 Å². The molecular formula is C37H36N4O8. The van der Waals surface area contributed by atoms with Gasteiger partial charge in [0.05, 0.1) is 11.6 Å². The van der Waals surface area contributed by atoms with Crippen molar-refractivity contribution in [1.29, 1.82) is 0 Å². The van der Waals surface area contributed by atoms with E-state index in [1.165, 1.54) is 4.90 Å². The standard InChI is InChI=1S/C37H36N4O8/c1-40(2)25-16-24-32(49-36(39-24)19-10-12-21(13-11-19)48-17-18-8-6-5-7-9-18)27-22(25)14-20-15-23-29(41(3)4)31(43)28(35(38)46)34(45)37(23,47)33(44)26(20)30(27)42/h5-13,16,20,23,29,42,45,47H,14-15,17H2,1-4H3,(H2,38,46)/t20?,23?,29-,37-/m0/s1. The Balaban J connectivity index is 1.32. The monoisotopic (exact) mass is 664 g/mol. The van der Waals surface area contributed by atoms with E-state index in [2.05, 4.69) is 0 Å². The number of benzene rings is 3. The van der Waals surface area contributed by atoms with Crippen molar-refractivity contribution < 1.29 is 38.9 Å². The largest absolute Gasteiger partial charge is 0.508 e. The third-order valence-corrected chi connectivity index (χ3v) is 9.91. The van der Waals surface area contributed by atoms with Gasteiger partial charge in [0.15, 0.2) is 17.0 Å². The lowest BCUT2D eigenvalue weighted by atomic mass is 9.57. The number of aromatic nitrogens is 1. The molecule has 0 spiro atoms. The smallest absolute Gasteiger partial charge is 0.255 e. The minimum atomic E-state index is -2.67. The number of carbonyl (C=O) groups is 3. The Bertz CT molecular complexity index is 2100. The first-order valence-corrected chi connectivity index (χ1v) is 15.9. The number of aliphatic hydroxyl groups is 3. The maximum Gasteiger partial charge on any atom is 0.255 e. The van der Waals surface area contributed by atoms with Crippen molar-refractivity contribution in [3.8, 4) is 17.2 Å². The molecule has 49 heavy (non-hydrogen) atoms. The van der Waals surface area contributed by atoms with E-state index in [-0.39, 0.29) is 35.5 Å². The van der Waals surface area contributed by atoms with Gasteiger partial charge in [0.2, 0.25) is 11.7 Å². The number of carbonyl (C=O) groups excluding carboxylic acids is 3. The summed E-state index contributed by atoms with van der Waals surface area (Å²) in [7, 11) is 6.88. The van der Waals surface area contributed by atoms with Gasteiger partial charge in [-0.25, -0.2) is 4.98 Å². The molecule has 2 unspecified atom stereocenters. The number of anilines is 1. The highest BCUT2D eigenvalue weighted by Crippen LogP contribution is 2.53. The molecule has 0 radical (unpaired) electrons. The van der Waals surface area contributed by atoms with Crippen LogP contribution in [-0.4, -0.2) is 82.5 Å². The number of amides is 1. The Labute approximate surface area is 281 Å². The molecule has 1 saturated carbocycles. The third kappa shape index (κ3) is 4.89. The number of aliphatic hydroxyl groups excluding tert-OH is 2. The molecule has 1 fully saturated rings. The van der Waals surface area contributed by atoms with Gasteiger partial charge in [0, 0.05) is 36.8 Å². The number of primary amides is 1. The Hall–Kier alpha value is -5.46. The van der Waals surface area contributed by atoms with Crippen LogP contribution in [0.5, 0.6) is 5.75 Å². The molecule has 7 rings (SSSR count). The molecule has 1 aromatic heterocycles. The number of fused-ring (bicyclic) bond motifs is 5. The molecule has 0 saturated heterocycles. The van der Waals surface area contributed by atoms with Gasteiger partial charge in [0.1, 0.15) is 35.0 Å². The SMILES string of the molecule is CN(C)c1cc2nc(-c3ccc(OCc4ccccc4)cc3)oc2c2c1CC1CC3[C@H](N(C)C)C(=O)C(C(N)=O)=C(O)[C@@]3(O)C(=O)C1=C2O. The predicted octanol–water partition coefficient (Wildman–Crippen LogP) is 3.71. The summed E-state index contributed by atoms with van der Waals surface area (Å²) in [5.74, 6) is -5.33. The molecule has 0 aliphatic heterocycles. The number of oxazole rings is 1. The lowest BCUT2D eigenvalue weighted by Crippen LogP contribution is -2.65. The van der Waals surface area contributed by atoms with Crippen LogP contribution in [0.25, 0.3) is 28.3 Å². The average Bonchev–Trinajstić information content (AvgIpc) is 3.49. The van der Waals surface area contributed by atoms with E-state index in [0.717, 1.165) is 11.3 Å². The molecule has 4 aromatic rings. The molecule has 0 bridgehead atoms. The molecule has 1 heterocycles. The quantitative estimate of drug-likeness (QED) is 0.212. The Kier molecular flexibility index (Phi) is 7.60. The van der Waals surface area contributed by atoms with Crippen LogP contribution in [-0.2, 0) is 27.4 Å². The fraction of sp³-hybridized carbons (Fsp3) is 0.297. The second-order valence-corrected chi connectivity index (χ2v) is 13.3. The Morgan fingerprint density at radius 1 is 1.06 bits per heavy atom. The van der Waals surface area contributed by atoms with Gasteiger partial charge in [-0.3, -0.25) is 19.3 Å². The summed E-state index contributed by atoms with van der Waals surface area (Å²) in [6.07, 6.45) is 0.318. The average molecular weight is 665 g/mol. The molecular weight excluding hydrogens is 628 g/mol. The fourth-order valence-electron chi connectivity index (χ4n) is 7.64. The zero-order valence-electron chi connectivity index (χ0n) is 27.4. The molecule has 1 amide bonds. The van der Waals surface area contributed by atoms with Crippen LogP contribution in [0.15, 0.2) is 82.0 Å². The van der Waals surface area contributed by atoms with Gasteiger partial charge in [-0.05, 0) is 74.3 Å². The van der Waals surface area contributed by atoms with E-state index in [1.54, 1.807) is 14.1 Å². The number of likely N-dealkylation sites (N-methyl/N-ethyl adjacent to an activating group) is 1. The van der Waals surface area contributed by atoms with E-state index >= 15 is 0 Å². The molecule has 3 aliphatic carbocycles. The molecule has 12 nitrogen and oxygen atoms in total. The van der Waals surface area contributed by atoms with Crippen molar-refractivity contribution in [2.24, 2.45) is 17.6 Å². The molecule has 252 valence electrons. The lowest BCUT2D eigenvalue weighted by molar-refractivity contribution is -0.153. The lowest BCUT2D eigenvalue weighted by Gasteiger charge is -2.50. The highest BCUT2D eigenvalue weighted by Gasteiger charge is 2.64. The van der Waals surface area contributed by atoms with Gasteiger partial charge in [-0.15, -0.1) is 0 Å². The van der Waals surface area contributed by atoms with Crippen molar-refractivity contribution in [2.75, 3.05) is 33.1 Å². The summed E-state index contributed by atoms with van der Waals surface area (Å²) in [6, 6.07) is 17.8. The minimum absolute atomic E-state index is 0.0526. The zero-order chi connectivity index (χ0) is 34.9. The van der Waals surface area contributed by atoms with Gasteiger partial charge in [-0.1, -0.05) is 30.3 Å². The van der Waals surface area contributed by atoms with Crippen molar-refractivity contribution in [2.45, 2.75) is 31.1 Å². The number of ether oxygens (including phenoxy) is 1. The summed E-state index contributed by atoms with van der Waals surface area (Å²) in [6.45, 7) is 0.412. The highest BCUT2D eigenvalue weighted by atomic mass is 16.5.